The third-order valence-corrected chi connectivity index (χ3v) is 3.34. The molecule has 0 radical (unpaired) electrons. The second kappa shape index (κ2) is 6.19. The van der Waals surface area contributed by atoms with Crippen molar-refractivity contribution >= 4 is 17.0 Å². The second-order valence-electron chi connectivity index (χ2n) is 3.80. The van der Waals surface area contributed by atoms with Gasteiger partial charge in [0, 0.05) is 17.8 Å². The number of ether oxygens (including phenoxy) is 2. The molecule has 0 amide bonds. The Bertz CT molecular complexity index is 567. The van der Waals surface area contributed by atoms with Crippen molar-refractivity contribution in [2.24, 2.45) is 5.16 Å². The van der Waals surface area contributed by atoms with E-state index >= 15 is 0 Å². The van der Waals surface area contributed by atoms with Gasteiger partial charge in [-0.2, -0.15) is 0 Å². The highest BCUT2D eigenvalue weighted by atomic mass is 32.1. The van der Waals surface area contributed by atoms with Crippen LogP contribution in [0.3, 0.4) is 0 Å². The Labute approximate surface area is 115 Å². The van der Waals surface area contributed by atoms with Gasteiger partial charge in [-0.05, 0) is 19.1 Å². The molecule has 5 nitrogen and oxygen atoms in total. The number of thiazole rings is 1. The van der Waals surface area contributed by atoms with Crippen molar-refractivity contribution in [1.29, 1.82) is 0 Å². The maximum absolute atomic E-state index is 8.88. The van der Waals surface area contributed by atoms with Crippen molar-refractivity contribution in [1.82, 2.24) is 4.98 Å². The van der Waals surface area contributed by atoms with Gasteiger partial charge in [0.1, 0.15) is 18.1 Å². The monoisotopic (exact) mass is 278 g/mol. The van der Waals surface area contributed by atoms with E-state index < -0.39 is 0 Å². The number of oxime groups is 1. The van der Waals surface area contributed by atoms with Crippen molar-refractivity contribution in [3.05, 3.63) is 40.3 Å². The molecule has 0 aliphatic heterocycles. The van der Waals surface area contributed by atoms with Crippen LogP contribution in [0.15, 0.2) is 35.1 Å². The lowest BCUT2D eigenvalue weighted by molar-refractivity contribution is 0.304. The number of nitrogens with zero attached hydrogens (tertiary/aromatic N) is 2. The van der Waals surface area contributed by atoms with Crippen LogP contribution in [-0.2, 0) is 6.61 Å². The summed E-state index contributed by atoms with van der Waals surface area (Å²) in [6.45, 7) is 2.13. The molecule has 100 valence electrons. The van der Waals surface area contributed by atoms with E-state index in [1.807, 2.05) is 0 Å². The molecule has 6 heteroatoms. The first-order valence-corrected chi connectivity index (χ1v) is 6.49. The van der Waals surface area contributed by atoms with Crippen molar-refractivity contribution in [2.75, 3.05) is 7.11 Å². The van der Waals surface area contributed by atoms with Gasteiger partial charge < -0.3 is 14.7 Å². The molecule has 0 saturated heterocycles. The van der Waals surface area contributed by atoms with Gasteiger partial charge in [-0.1, -0.05) is 5.16 Å². The number of aromatic nitrogens is 1. The lowest BCUT2D eigenvalue weighted by Crippen LogP contribution is -2.02. The number of hydrogen-bond acceptors (Lipinski definition) is 6. The summed E-state index contributed by atoms with van der Waals surface area (Å²) in [5, 5.41) is 12.1. The predicted octanol–water partition coefficient (Wildman–Crippen LogP) is 2.93. The van der Waals surface area contributed by atoms with Crippen LogP contribution in [0.2, 0.25) is 0 Å². The normalized spacial score (nSPS) is 11.4. The lowest BCUT2D eigenvalue weighted by Gasteiger charge is -2.11. The Kier molecular flexibility index (Phi) is 4.35. The van der Waals surface area contributed by atoms with Gasteiger partial charge in [0.15, 0.2) is 0 Å². The van der Waals surface area contributed by atoms with E-state index in [4.69, 9.17) is 14.7 Å². The third kappa shape index (κ3) is 3.23. The first-order valence-electron chi connectivity index (χ1n) is 5.62. The number of rotatable bonds is 5. The number of hydrogen-bond donors (Lipinski definition) is 1. The molecule has 0 spiro atoms. The quantitative estimate of drug-likeness (QED) is 0.519. The number of methoxy groups -OCH3 is 1. The van der Waals surface area contributed by atoms with Gasteiger partial charge in [0.25, 0.3) is 0 Å². The van der Waals surface area contributed by atoms with E-state index in [9.17, 15) is 0 Å². The predicted molar refractivity (Wildman–Crippen MR) is 73.4 cm³/mol. The summed E-state index contributed by atoms with van der Waals surface area (Å²) in [6, 6.07) is 5.37. The molecule has 0 atom stereocenters. The van der Waals surface area contributed by atoms with Crippen LogP contribution in [0.1, 0.15) is 17.4 Å². The zero-order valence-electron chi connectivity index (χ0n) is 10.7. The molecule has 0 saturated carbocycles. The minimum absolute atomic E-state index is 0.420. The van der Waals surface area contributed by atoms with Gasteiger partial charge in [-0.15, -0.1) is 11.3 Å². The van der Waals surface area contributed by atoms with Crippen LogP contribution in [0.25, 0.3) is 0 Å². The molecular weight excluding hydrogens is 264 g/mol. The second-order valence-corrected chi connectivity index (χ2v) is 4.77. The van der Waals surface area contributed by atoms with E-state index in [0.717, 1.165) is 10.4 Å². The van der Waals surface area contributed by atoms with Crippen molar-refractivity contribution < 1.29 is 14.7 Å². The largest absolute Gasteiger partial charge is 0.497 e. The van der Waals surface area contributed by atoms with E-state index in [-0.39, 0.29) is 0 Å². The average molecular weight is 278 g/mol. The molecule has 0 aliphatic carbocycles. The highest BCUT2D eigenvalue weighted by molar-refractivity contribution is 7.09. The summed E-state index contributed by atoms with van der Waals surface area (Å²) in [4.78, 5) is 5.01. The Balaban J connectivity index is 2.24. The topological polar surface area (TPSA) is 63.9 Å². The van der Waals surface area contributed by atoms with Crippen molar-refractivity contribution in [3.63, 3.8) is 0 Å². The lowest BCUT2D eigenvalue weighted by atomic mass is 10.1. The van der Waals surface area contributed by atoms with E-state index in [1.165, 1.54) is 11.3 Å². The molecule has 1 N–H and O–H groups in total. The summed E-state index contributed by atoms with van der Waals surface area (Å²) >= 11 is 1.53. The van der Waals surface area contributed by atoms with Crippen molar-refractivity contribution in [2.45, 2.75) is 13.5 Å². The molecule has 19 heavy (non-hydrogen) atoms. The van der Waals surface area contributed by atoms with Crippen LogP contribution >= 0.6 is 11.3 Å². The standard InChI is InChI=1S/C13H14N2O3S/c1-9(15-16)12-4-3-10(17-2)5-13(12)18-7-11-6-14-8-19-11/h3-6,8,16H,7H2,1-2H3/b15-9+. The molecule has 0 bridgehead atoms. The molecule has 0 aliphatic rings. The Morgan fingerprint density at radius 3 is 2.95 bits per heavy atom. The summed E-state index contributed by atoms with van der Waals surface area (Å²) in [5.74, 6) is 1.30. The summed E-state index contributed by atoms with van der Waals surface area (Å²) in [6.07, 6.45) is 1.76. The maximum Gasteiger partial charge on any atom is 0.132 e. The highest BCUT2D eigenvalue weighted by Gasteiger charge is 2.10. The van der Waals surface area contributed by atoms with Gasteiger partial charge in [-0.3, -0.25) is 4.98 Å². The van der Waals surface area contributed by atoms with E-state index in [1.54, 1.807) is 43.9 Å². The minimum atomic E-state index is 0.420. The van der Waals surface area contributed by atoms with Crippen LogP contribution < -0.4 is 9.47 Å². The summed E-state index contributed by atoms with van der Waals surface area (Å²) in [7, 11) is 1.59. The first kappa shape index (κ1) is 13.4. The van der Waals surface area contributed by atoms with Crippen LogP contribution in [0, 0.1) is 0 Å². The molecule has 2 aromatic rings. The van der Waals surface area contributed by atoms with E-state index in [0.29, 0.717) is 23.8 Å². The SMILES string of the molecule is COc1ccc(/C(C)=N/O)c(OCc2cncs2)c1. The fraction of sp³-hybridized carbons (Fsp3) is 0.231. The highest BCUT2D eigenvalue weighted by Crippen LogP contribution is 2.26. The molecule has 2 rings (SSSR count). The third-order valence-electron chi connectivity index (χ3n) is 2.58. The molecule has 1 aromatic heterocycles. The van der Waals surface area contributed by atoms with Gasteiger partial charge in [0.2, 0.25) is 0 Å². The zero-order chi connectivity index (χ0) is 13.7. The molecular formula is C13H14N2O3S. The smallest absolute Gasteiger partial charge is 0.132 e. The Morgan fingerprint density at radius 1 is 1.47 bits per heavy atom. The molecule has 1 aromatic carbocycles. The molecule has 0 fully saturated rings. The molecule has 0 unspecified atom stereocenters. The van der Waals surface area contributed by atoms with Gasteiger partial charge in [0.05, 0.1) is 23.2 Å². The Morgan fingerprint density at radius 2 is 2.32 bits per heavy atom. The van der Waals surface area contributed by atoms with Crippen LogP contribution in [0.4, 0.5) is 0 Å². The van der Waals surface area contributed by atoms with Crippen LogP contribution in [-0.4, -0.2) is 23.0 Å². The number of benzene rings is 1. The first-order chi connectivity index (χ1) is 9.24. The summed E-state index contributed by atoms with van der Waals surface area (Å²) in [5.41, 5.74) is 2.97. The average Bonchev–Trinajstić information content (AvgIpc) is 2.97. The zero-order valence-corrected chi connectivity index (χ0v) is 11.5. The Hall–Kier alpha value is -2.08. The minimum Gasteiger partial charge on any atom is -0.497 e. The van der Waals surface area contributed by atoms with Gasteiger partial charge >= 0.3 is 0 Å². The maximum atomic E-state index is 8.88. The fourth-order valence-electron chi connectivity index (χ4n) is 1.56. The van der Waals surface area contributed by atoms with E-state index in [2.05, 4.69) is 10.1 Å². The van der Waals surface area contributed by atoms with Gasteiger partial charge in [-0.25, -0.2) is 0 Å². The molecule has 1 heterocycles. The summed E-state index contributed by atoms with van der Waals surface area (Å²) < 4.78 is 10.9. The van der Waals surface area contributed by atoms with Crippen molar-refractivity contribution in [3.8, 4) is 11.5 Å². The van der Waals surface area contributed by atoms with Crippen LogP contribution in [0.5, 0.6) is 11.5 Å². The fourth-order valence-corrected chi connectivity index (χ4v) is 2.07.